The minimum Gasteiger partial charge on any atom is -0.464 e. The Kier molecular flexibility index (Phi) is 5.13. The van der Waals surface area contributed by atoms with Gasteiger partial charge in [0, 0.05) is 21.6 Å². The van der Waals surface area contributed by atoms with Crippen LogP contribution in [0.15, 0.2) is 136 Å². The van der Waals surface area contributed by atoms with E-state index in [4.69, 9.17) is 15.4 Å². The van der Waals surface area contributed by atoms with Gasteiger partial charge in [-0.2, -0.15) is 0 Å². The van der Waals surface area contributed by atoms with Crippen molar-refractivity contribution in [3.63, 3.8) is 0 Å². The van der Waals surface area contributed by atoms with Crippen molar-refractivity contribution < 1.29 is 8.83 Å². The summed E-state index contributed by atoms with van der Waals surface area (Å²) in [5.41, 5.74) is 12.7. The first-order valence-electron chi connectivity index (χ1n) is 16.0. The third-order valence-electron chi connectivity index (χ3n) is 10.4. The molecule has 7 aromatic carbocycles. The summed E-state index contributed by atoms with van der Waals surface area (Å²) in [5.74, 6) is 0. The highest BCUT2D eigenvalue weighted by Gasteiger charge is 2.37. The molecule has 10 rings (SSSR count). The Morgan fingerprint density at radius 2 is 1.21 bits per heavy atom. The van der Waals surface area contributed by atoms with E-state index in [1.54, 1.807) is 6.26 Å². The quantitative estimate of drug-likeness (QED) is 0.146. The van der Waals surface area contributed by atoms with Crippen molar-refractivity contribution in [3.8, 4) is 33.4 Å². The number of benzene rings is 7. The lowest BCUT2D eigenvalue weighted by molar-refractivity contribution is 0.616. The summed E-state index contributed by atoms with van der Waals surface area (Å²) >= 11 is 0. The summed E-state index contributed by atoms with van der Waals surface area (Å²) in [4.78, 5) is 3.81. The molecule has 3 nitrogen and oxygen atoms in total. The Bertz CT molecular complexity index is 2780. The molecule has 0 radical (unpaired) electrons. The van der Waals surface area contributed by atoms with Gasteiger partial charge in [-0.15, -0.1) is 0 Å². The van der Waals surface area contributed by atoms with E-state index in [0.717, 1.165) is 32.9 Å². The zero-order valence-corrected chi connectivity index (χ0v) is 25.9. The molecule has 0 amide bonds. The zero-order valence-electron chi connectivity index (χ0n) is 25.9. The first-order valence-corrected chi connectivity index (χ1v) is 16.0. The average molecular weight is 602 g/mol. The Balaban J connectivity index is 1.24. The standard InChI is InChI=1S/C44H27NO2/c1-44(2)35-22-25(18-19-26(35)33-23-34-40(24-36(33)44)47-39-17-9-15-37(45-3)43(34)39)41-29-10-4-6-12-31(29)42(32-13-7-5-11-30(32)41)28-14-8-16-38-27(28)20-21-46-38/h4-24H,1-2H3. The maximum Gasteiger partial charge on any atom is 0.198 e. The highest BCUT2D eigenvalue weighted by molar-refractivity contribution is 6.23. The molecule has 0 spiro atoms. The number of hydrogen-bond donors (Lipinski definition) is 0. The van der Waals surface area contributed by atoms with Crippen LogP contribution in [0, 0.1) is 6.57 Å². The molecule has 0 aliphatic heterocycles. The molecule has 1 aliphatic rings. The van der Waals surface area contributed by atoms with Crippen LogP contribution in [0.1, 0.15) is 25.0 Å². The lowest BCUT2D eigenvalue weighted by atomic mass is 9.80. The molecule has 0 atom stereocenters. The van der Waals surface area contributed by atoms with Crippen molar-refractivity contribution in [1.82, 2.24) is 0 Å². The monoisotopic (exact) mass is 601 g/mol. The Hall–Kier alpha value is -6.11. The van der Waals surface area contributed by atoms with Gasteiger partial charge in [0.1, 0.15) is 16.7 Å². The largest absolute Gasteiger partial charge is 0.464 e. The summed E-state index contributed by atoms with van der Waals surface area (Å²) in [6.45, 7) is 12.4. The second-order valence-electron chi connectivity index (χ2n) is 13.1. The Labute approximate surface area is 271 Å². The van der Waals surface area contributed by atoms with Gasteiger partial charge in [-0.3, -0.25) is 0 Å². The van der Waals surface area contributed by atoms with Crippen molar-refractivity contribution in [2.75, 3.05) is 0 Å². The third-order valence-corrected chi connectivity index (χ3v) is 10.4. The molecule has 2 aromatic heterocycles. The van der Waals surface area contributed by atoms with E-state index in [2.05, 4.69) is 116 Å². The molecule has 0 unspecified atom stereocenters. The van der Waals surface area contributed by atoms with Gasteiger partial charge in [0.15, 0.2) is 5.69 Å². The van der Waals surface area contributed by atoms with E-state index < -0.39 is 0 Å². The molecule has 9 aromatic rings. The smallest absolute Gasteiger partial charge is 0.198 e. The Morgan fingerprint density at radius 1 is 0.532 bits per heavy atom. The summed E-state index contributed by atoms with van der Waals surface area (Å²) in [5, 5.41) is 7.91. The lowest BCUT2D eigenvalue weighted by Gasteiger charge is -2.23. The van der Waals surface area contributed by atoms with Crippen LogP contribution in [0.5, 0.6) is 0 Å². The maximum absolute atomic E-state index is 7.76. The second-order valence-corrected chi connectivity index (χ2v) is 13.1. The molecule has 220 valence electrons. The van der Waals surface area contributed by atoms with Crippen molar-refractivity contribution in [1.29, 1.82) is 0 Å². The number of hydrogen-bond acceptors (Lipinski definition) is 2. The minimum atomic E-state index is -0.237. The lowest BCUT2D eigenvalue weighted by Crippen LogP contribution is -2.15. The molecule has 47 heavy (non-hydrogen) atoms. The molecule has 0 N–H and O–H groups in total. The fourth-order valence-corrected chi connectivity index (χ4v) is 8.22. The molecule has 1 aliphatic carbocycles. The molecule has 0 fully saturated rings. The molecule has 2 heterocycles. The normalized spacial score (nSPS) is 13.5. The molecular formula is C44H27NO2. The summed E-state index contributed by atoms with van der Waals surface area (Å²) < 4.78 is 12.1. The number of fused-ring (bicyclic) bond motifs is 9. The number of nitrogens with zero attached hydrogens (tertiary/aromatic N) is 1. The van der Waals surface area contributed by atoms with Crippen LogP contribution in [0.3, 0.4) is 0 Å². The van der Waals surface area contributed by atoms with E-state index in [0.29, 0.717) is 5.69 Å². The summed E-state index contributed by atoms with van der Waals surface area (Å²) in [6.07, 6.45) is 1.78. The van der Waals surface area contributed by atoms with Crippen molar-refractivity contribution in [3.05, 3.63) is 150 Å². The Morgan fingerprint density at radius 3 is 1.96 bits per heavy atom. The van der Waals surface area contributed by atoms with Crippen molar-refractivity contribution >= 4 is 60.1 Å². The van der Waals surface area contributed by atoms with Gasteiger partial charge in [0.05, 0.1) is 12.8 Å². The van der Waals surface area contributed by atoms with Gasteiger partial charge in [-0.1, -0.05) is 98.8 Å². The fraction of sp³-hybridized carbons (Fsp3) is 0.0682. The number of furan rings is 2. The van der Waals surface area contributed by atoms with Crippen molar-refractivity contribution in [2.45, 2.75) is 19.3 Å². The summed E-state index contributed by atoms with van der Waals surface area (Å²) in [6, 6.07) is 43.2. The van der Waals surface area contributed by atoms with Crippen LogP contribution in [0.25, 0.3) is 92.7 Å². The van der Waals surface area contributed by atoms with Crippen LogP contribution in [-0.2, 0) is 5.41 Å². The van der Waals surface area contributed by atoms with Crippen LogP contribution in [-0.4, -0.2) is 0 Å². The van der Waals surface area contributed by atoms with Gasteiger partial charge in [0.25, 0.3) is 0 Å². The van der Waals surface area contributed by atoms with E-state index in [1.807, 2.05) is 24.3 Å². The van der Waals surface area contributed by atoms with Crippen LogP contribution < -0.4 is 0 Å². The minimum absolute atomic E-state index is 0.237. The first kappa shape index (κ1) is 26.1. The van der Waals surface area contributed by atoms with E-state index in [1.165, 1.54) is 66.1 Å². The maximum atomic E-state index is 7.76. The van der Waals surface area contributed by atoms with E-state index in [-0.39, 0.29) is 5.41 Å². The van der Waals surface area contributed by atoms with E-state index >= 15 is 0 Å². The highest BCUT2D eigenvalue weighted by atomic mass is 16.3. The van der Waals surface area contributed by atoms with E-state index in [9.17, 15) is 0 Å². The molecule has 0 saturated carbocycles. The molecule has 0 bridgehead atoms. The molecule has 0 saturated heterocycles. The topological polar surface area (TPSA) is 30.6 Å². The van der Waals surface area contributed by atoms with Gasteiger partial charge < -0.3 is 8.83 Å². The van der Waals surface area contributed by atoms with Gasteiger partial charge in [0.2, 0.25) is 0 Å². The van der Waals surface area contributed by atoms with Crippen LogP contribution in [0.2, 0.25) is 0 Å². The first-order chi connectivity index (χ1) is 23.0. The third kappa shape index (κ3) is 3.45. The van der Waals surface area contributed by atoms with Gasteiger partial charge >= 0.3 is 0 Å². The molecule has 3 heteroatoms. The molecular weight excluding hydrogens is 574 g/mol. The zero-order chi connectivity index (χ0) is 31.4. The van der Waals surface area contributed by atoms with Crippen LogP contribution in [0.4, 0.5) is 5.69 Å². The van der Waals surface area contributed by atoms with Crippen LogP contribution >= 0.6 is 0 Å². The predicted octanol–water partition coefficient (Wildman–Crippen LogP) is 12.8. The fourth-order valence-electron chi connectivity index (χ4n) is 8.22. The van der Waals surface area contributed by atoms with Gasteiger partial charge in [-0.05, 0) is 102 Å². The highest BCUT2D eigenvalue weighted by Crippen LogP contribution is 2.53. The van der Waals surface area contributed by atoms with Crippen molar-refractivity contribution in [2.24, 2.45) is 0 Å². The predicted molar refractivity (Wildman–Crippen MR) is 193 cm³/mol. The number of rotatable bonds is 2. The SMILES string of the molecule is [C-]#[N+]c1cccc2oc3cc4c(cc3c12)-c1ccc(-c2c3ccccc3c(-c3cccc5occc35)c3ccccc23)cc1C4(C)C. The summed E-state index contributed by atoms with van der Waals surface area (Å²) in [7, 11) is 0. The average Bonchev–Trinajstić information content (AvgIpc) is 3.79. The van der Waals surface area contributed by atoms with Gasteiger partial charge in [-0.25, -0.2) is 4.85 Å². The second kappa shape index (κ2) is 9.22.